The fraction of sp³-hybridized carbons (Fsp3) is 0.471. The third kappa shape index (κ3) is 6.34. The SMILES string of the molecule is CC(C)CN(CC(C)C)c1cc(Br)ccc1C=CC(=O)O. The van der Waals surface area contributed by atoms with E-state index in [4.69, 9.17) is 5.11 Å². The van der Waals surface area contributed by atoms with Crippen LogP contribution in [-0.4, -0.2) is 24.2 Å². The van der Waals surface area contributed by atoms with Crippen LogP contribution in [0.2, 0.25) is 0 Å². The van der Waals surface area contributed by atoms with Crippen LogP contribution in [0.25, 0.3) is 6.08 Å². The van der Waals surface area contributed by atoms with E-state index in [0.717, 1.165) is 28.8 Å². The number of anilines is 1. The number of aliphatic carboxylic acids is 1. The normalized spacial score (nSPS) is 11.6. The Kier molecular flexibility index (Phi) is 6.96. The van der Waals surface area contributed by atoms with Crippen molar-refractivity contribution < 1.29 is 9.90 Å². The minimum absolute atomic E-state index is 0.541. The van der Waals surface area contributed by atoms with Crippen LogP contribution in [0.15, 0.2) is 28.7 Å². The Morgan fingerprint density at radius 3 is 2.29 bits per heavy atom. The molecule has 21 heavy (non-hydrogen) atoms. The molecule has 0 fully saturated rings. The Morgan fingerprint density at radius 2 is 1.81 bits per heavy atom. The Hall–Kier alpha value is -1.29. The van der Waals surface area contributed by atoms with Crippen LogP contribution in [0.4, 0.5) is 5.69 Å². The fourth-order valence-corrected chi connectivity index (χ4v) is 2.59. The number of carboxylic acids is 1. The Bertz CT molecular complexity index is 500. The highest BCUT2D eigenvalue weighted by atomic mass is 79.9. The van der Waals surface area contributed by atoms with Crippen molar-refractivity contribution >= 4 is 33.7 Å². The van der Waals surface area contributed by atoms with Crippen molar-refractivity contribution in [2.45, 2.75) is 27.7 Å². The first-order valence-electron chi connectivity index (χ1n) is 7.25. The van der Waals surface area contributed by atoms with Crippen molar-refractivity contribution in [1.29, 1.82) is 0 Å². The lowest BCUT2D eigenvalue weighted by Crippen LogP contribution is -2.31. The lowest BCUT2D eigenvalue weighted by atomic mass is 10.1. The summed E-state index contributed by atoms with van der Waals surface area (Å²) < 4.78 is 1.00. The average Bonchev–Trinajstić information content (AvgIpc) is 2.35. The average molecular weight is 354 g/mol. The van der Waals surface area contributed by atoms with Crippen molar-refractivity contribution in [2.24, 2.45) is 11.8 Å². The highest BCUT2D eigenvalue weighted by Crippen LogP contribution is 2.28. The lowest BCUT2D eigenvalue weighted by Gasteiger charge is -2.30. The number of hydrogen-bond donors (Lipinski definition) is 1. The molecule has 0 unspecified atom stereocenters. The van der Waals surface area contributed by atoms with Gasteiger partial charge in [0.25, 0.3) is 0 Å². The summed E-state index contributed by atoms with van der Waals surface area (Å²) in [6.45, 7) is 10.7. The van der Waals surface area contributed by atoms with Crippen LogP contribution in [0, 0.1) is 11.8 Å². The zero-order valence-corrected chi connectivity index (χ0v) is 14.7. The van der Waals surface area contributed by atoms with E-state index in [1.807, 2.05) is 12.1 Å². The summed E-state index contributed by atoms with van der Waals surface area (Å²) in [5.41, 5.74) is 2.01. The molecule has 1 N–H and O–H groups in total. The first-order valence-corrected chi connectivity index (χ1v) is 8.04. The molecule has 0 amide bonds. The van der Waals surface area contributed by atoms with Gasteiger partial charge in [-0.1, -0.05) is 49.7 Å². The van der Waals surface area contributed by atoms with E-state index in [1.165, 1.54) is 6.08 Å². The summed E-state index contributed by atoms with van der Waals surface area (Å²) in [6.07, 6.45) is 2.85. The van der Waals surface area contributed by atoms with Gasteiger partial charge in [-0.15, -0.1) is 0 Å². The third-order valence-electron chi connectivity index (χ3n) is 2.91. The number of nitrogens with zero attached hydrogens (tertiary/aromatic N) is 1. The fourth-order valence-electron chi connectivity index (χ4n) is 2.25. The highest BCUT2D eigenvalue weighted by Gasteiger charge is 2.14. The monoisotopic (exact) mass is 353 g/mol. The maximum Gasteiger partial charge on any atom is 0.328 e. The van der Waals surface area contributed by atoms with Crippen molar-refractivity contribution in [1.82, 2.24) is 0 Å². The van der Waals surface area contributed by atoms with Gasteiger partial charge >= 0.3 is 5.97 Å². The maximum atomic E-state index is 10.8. The van der Waals surface area contributed by atoms with Crippen LogP contribution < -0.4 is 4.90 Å². The Balaban J connectivity index is 3.20. The van der Waals surface area contributed by atoms with Gasteiger partial charge in [-0.2, -0.15) is 0 Å². The number of rotatable bonds is 7. The Labute approximate surface area is 135 Å². The molecule has 0 atom stereocenters. The second-order valence-corrected chi connectivity index (χ2v) is 6.98. The van der Waals surface area contributed by atoms with E-state index in [-0.39, 0.29) is 0 Å². The van der Waals surface area contributed by atoms with E-state index in [9.17, 15) is 4.79 Å². The van der Waals surface area contributed by atoms with Gasteiger partial charge in [0.2, 0.25) is 0 Å². The van der Waals surface area contributed by atoms with Gasteiger partial charge in [-0.3, -0.25) is 0 Å². The minimum Gasteiger partial charge on any atom is -0.478 e. The van der Waals surface area contributed by atoms with Gasteiger partial charge in [0.15, 0.2) is 0 Å². The standard InChI is InChI=1S/C17H24BrNO2/c1-12(2)10-19(11-13(3)4)16-9-15(18)7-5-14(16)6-8-17(20)21/h5-9,12-13H,10-11H2,1-4H3,(H,20,21). The second-order valence-electron chi connectivity index (χ2n) is 6.07. The van der Waals surface area contributed by atoms with Crippen LogP contribution in [0.3, 0.4) is 0 Å². The molecule has 0 radical (unpaired) electrons. The molecule has 0 aliphatic carbocycles. The molecule has 0 saturated heterocycles. The number of hydrogen-bond acceptors (Lipinski definition) is 2. The van der Waals surface area contributed by atoms with E-state index < -0.39 is 5.97 Å². The zero-order chi connectivity index (χ0) is 16.0. The molecule has 0 bridgehead atoms. The predicted octanol–water partition coefficient (Wildman–Crippen LogP) is 4.67. The topological polar surface area (TPSA) is 40.5 Å². The number of halogens is 1. The molecule has 116 valence electrons. The molecular weight excluding hydrogens is 330 g/mol. The zero-order valence-electron chi connectivity index (χ0n) is 13.1. The largest absolute Gasteiger partial charge is 0.478 e. The first kappa shape index (κ1) is 17.8. The van der Waals surface area contributed by atoms with Gasteiger partial charge < -0.3 is 10.0 Å². The number of benzene rings is 1. The molecule has 0 heterocycles. The third-order valence-corrected chi connectivity index (χ3v) is 3.40. The summed E-state index contributed by atoms with van der Waals surface area (Å²) in [5, 5.41) is 8.84. The molecule has 0 aliphatic rings. The number of carboxylic acid groups (broad SMARTS) is 1. The van der Waals surface area contributed by atoms with Gasteiger partial charge in [-0.25, -0.2) is 4.79 Å². The lowest BCUT2D eigenvalue weighted by molar-refractivity contribution is -0.131. The maximum absolute atomic E-state index is 10.8. The van der Waals surface area contributed by atoms with E-state index >= 15 is 0 Å². The summed E-state index contributed by atoms with van der Waals surface area (Å²) >= 11 is 3.51. The molecule has 0 aromatic heterocycles. The molecule has 1 aromatic rings. The molecule has 3 nitrogen and oxygen atoms in total. The van der Waals surface area contributed by atoms with Crippen molar-refractivity contribution in [3.8, 4) is 0 Å². The van der Waals surface area contributed by atoms with Crippen molar-refractivity contribution in [3.05, 3.63) is 34.3 Å². The van der Waals surface area contributed by atoms with Crippen LogP contribution in [0.1, 0.15) is 33.3 Å². The molecule has 1 aromatic carbocycles. The highest BCUT2D eigenvalue weighted by molar-refractivity contribution is 9.10. The van der Waals surface area contributed by atoms with Crippen LogP contribution in [0.5, 0.6) is 0 Å². The summed E-state index contributed by atoms with van der Waals surface area (Å²) in [4.78, 5) is 13.1. The van der Waals surface area contributed by atoms with Crippen molar-refractivity contribution in [3.63, 3.8) is 0 Å². The quantitative estimate of drug-likeness (QED) is 0.724. The Morgan fingerprint density at radius 1 is 1.24 bits per heavy atom. The molecule has 0 aliphatic heterocycles. The molecule has 1 rings (SSSR count). The summed E-state index contributed by atoms with van der Waals surface area (Å²) in [7, 11) is 0. The molecule has 0 spiro atoms. The van der Waals surface area contributed by atoms with Gasteiger partial charge in [-0.05, 0) is 35.6 Å². The minimum atomic E-state index is -0.928. The second kappa shape index (κ2) is 8.23. The molecule has 4 heteroatoms. The van der Waals surface area contributed by atoms with Gasteiger partial charge in [0.05, 0.1) is 0 Å². The van der Waals surface area contributed by atoms with E-state index in [2.05, 4.69) is 54.6 Å². The predicted molar refractivity (Wildman–Crippen MR) is 92.7 cm³/mol. The van der Waals surface area contributed by atoms with Gasteiger partial charge in [0, 0.05) is 29.3 Å². The first-order chi connectivity index (χ1) is 9.79. The summed E-state index contributed by atoms with van der Waals surface area (Å²) in [6, 6.07) is 5.95. The smallest absolute Gasteiger partial charge is 0.328 e. The van der Waals surface area contributed by atoms with E-state index in [0.29, 0.717) is 11.8 Å². The molecule has 0 saturated carbocycles. The van der Waals surface area contributed by atoms with Crippen LogP contribution in [-0.2, 0) is 4.79 Å². The summed E-state index contributed by atoms with van der Waals surface area (Å²) in [5.74, 6) is 0.154. The number of carbonyl (C=O) groups is 1. The van der Waals surface area contributed by atoms with Gasteiger partial charge in [0.1, 0.15) is 0 Å². The van der Waals surface area contributed by atoms with Crippen LogP contribution >= 0.6 is 15.9 Å². The van der Waals surface area contributed by atoms with Crippen molar-refractivity contribution in [2.75, 3.05) is 18.0 Å². The van der Waals surface area contributed by atoms with E-state index in [1.54, 1.807) is 6.08 Å². The molecular formula is C17H24BrNO2.